The maximum atomic E-state index is 14.0. The average Bonchev–Trinajstić information content (AvgIpc) is 2.90. The van der Waals surface area contributed by atoms with Crippen molar-refractivity contribution in [1.29, 1.82) is 0 Å². The molecule has 0 heterocycles. The van der Waals surface area contributed by atoms with Gasteiger partial charge in [0.05, 0.1) is 27.0 Å². The Kier molecular flexibility index (Phi) is 11.5. The third-order valence-corrected chi connectivity index (χ3v) is 8.42. The van der Waals surface area contributed by atoms with E-state index in [1.54, 1.807) is 18.2 Å². The summed E-state index contributed by atoms with van der Waals surface area (Å²) in [7, 11) is -3.97. The summed E-state index contributed by atoms with van der Waals surface area (Å²) < 4.78 is 26.6. The van der Waals surface area contributed by atoms with Crippen LogP contribution in [0, 0.1) is 0 Å². The van der Waals surface area contributed by atoms with Crippen molar-refractivity contribution in [3.8, 4) is 0 Å². The van der Waals surface area contributed by atoms with Crippen molar-refractivity contribution in [1.82, 2.24) is 10.2 Å². The monoisotopic (exact) mass is 643 g/mol. The molecule has 12 heteroatoms. The van der Waals surface area contributed by atoms with Gasteiger partial charge in [-0.25, -0.2) is 8.42 Å². The van der Waals surface area contributed by atoms with Crippen LogP contribution >= 0.6 is 46.4 Å². The van der Waals surface area contributed by atoms with E-state index in [2.05, 4.69) is 5.32 Å². The van der Waals surface area contributed by atoms with Crippen LogP contribution < -0.4 is 9.62 Å². The first-order valence-electron chi connectivity index (χ1n) is 12.4. The molecule has 0 bridgehead atoms. The highest BCUT2D eigenvalue weighted by molar-refractivity contribution is 7.92. The second-order valence-electron chi connectivity index (χ2n) is 9.13. The molecule has 1 atom stereocenters. The van der Waals surface area contributed by atoms with Crippen molar-refractivity contribution in [3.63, 3.8) is 0 Å². The number of nitrogens with one attached hydrogen (secondary N) is 1. The predicted molar refractivity (Wildman–Crippen MR) is 163 cm³/mol. The number of hydrogen-bond acceptors (Lipinski definition) is 4. The van der Waals surface area contributed by atoms with Gasteiger partial charge in [-0.15, -0.1) is 0 Å². The normalized spacial score (nSPS) is 12.1. The van der Waals surface area contributed by atoms with E-state index >= 15 is 0 Å². The highest BCUT2D eigenvalue weighted by atomic mass is 35.5. The number of anilines is 1. The third kappa shape index (κ3) is 8.75. The molecule has 0 aromatic heterocycles. The van der Waals surface area contributed by atoms with Crippen molar-refractivity contribution in [2.75, 3.05) is 23.7 Å². The van der Waals surface area contributed by atoms with E-state index in [0.717, 1.165) is 16.1 Å². The van der Waals surface area contributed by atoms with Crippen LogP contribution in [0.15, 0.2) is 66.7 Å². The first kappa shape index (κ1) is 32.0. The van der Waals surface area contributed by atoms with Gasteiger partial charge in [0, 0.05) is 24.5 Å². The van der Waals surface area contributed by atoms with Crippen molar-refractivity contribution < 1.29 is 18.0 Å². The van der Waals surface area contributed by atoms with E-state index in [0.29, 0.717) is 28.6 Å². The van der Waals surface area contributed by atoms with Crippen LogP contribution in [-0.4, -0.2) is 50.5 Å². The molecule has 40 heavy (non-hydrogen) atoms. The molecule has 7 nitrogen and oxygen atoms in total. The highest BCUT2D eigenvalue weighted by Crippen LogP contribution is 2.31. The summed E-state index contributed by atoms with van der Waals surface area (Å²) >= 11 is 24.7. The van der Waals surface area contributed by atoms with Crippen molar-refractivity contribution in [2.45, 2.75) is 32.4 Å². The molecule has 3 aromatic rings. The fourth-order valence-corrected chi connectivity index (χ4v) is 5.78. The molecule has 0 aliphatic carbocycles. The number of amides is 2. The van der Waals surface area contributed by atoms with Gasteiger partial charge >= 0.3 is 0 Å². The topological polar surface area (TPSA) is 86.8 Å². The molecule has 1 N–H and O–H groups in total. The van der Waals surface area contributed by atoms with E-state index in [1.165, 1.54) is 23.1 Å². The number of sulfonamides is 1. The van der Waals surface area contributed by atoms with E-state index < -0.39 is 28.5 Å². The summed E-state index contributed by atoms with van der Waals surface area (Å²) in [6.45, 7) is 1.70. The Bertz CT molecular complexity index is 1460. The van der Waals surface area contributed by atoms with Crippen LogP contribution in [0.2, 0.25) is 20.1 Å². The number of carbonyl (C=O) groups excluding carboxylic acids is 2. The second kappa shape index (κ2) is 14.4. The number of hydrogen-bond donors (Lipinski definition) is 1. The SMILES string of the molecule is CCCNC(=O)[C@H](Cc1ccccc1)N(Cc1ccc(Cl)c(Cl)c1)C(=O)CN(c1ccc(Cl)cc1Cl)S(C)(=O)=O. The van der Waals surface area contributed by atoms with E-state index in [-0.39, 0.29) is 34.6 Å². The molecular weight excluding hydrogens is 616 g/mol. The Morgan fingerprint density at radius 1 is 0.875 bits per heavy atom. The molecule has 0 aliphatic rings. The summed E-state index contributed by atoms with van der Waals surface area (Å²) in [5, 5.41) is 3.87. The zero-order valence-corrected chi connectivity index (χ0v) is 25.8. The lowest BCUT2D eigenvalue weighted by molar-refractivity contribution is -0.140. The minimum absolute atomic E-state index is 0.0290. The molecule has 0 spiro atoms. The second-order valence-corrected chi connectivity index (χ2v) is 12.7. The Morgan fingerprint density at radius 2 is 1.57 bits per heavy atom. The Balaban J connectivity index is 2.08. The van der Waals surface area contributed by atoms with Gasteiger partial charge in [-0.2, -0.15) is 0 Å². The maximum Gasteiger partial charge on any atom is 0.244 e. The zero-order valence-electron chi connectivity index (χ0n) is 21.9. The fraction of sp³-hybridized carbons (Fsp3) is 0.286. The van der Waals surface area contributed by atoms with E-state index in [1.807, 2.05) is 37.3 Å². The molecule has 214 valence electrons. The standard InChI is InChI=1S/C28H29Cl4N3O4S/c1-3-13-33-28(37)26(15-19-7-5-4-6-8-19)34(17-20-9-11-22(30)23(31)14-20)27(36)18-35(40(2,38)39)25-12-10-21(29)16-24(25)32/h4-12,14,16,26H,3,13,15,17-18H2,1-2H3,(H,33,37)/t26-/m0/s1. The van der Waals surface area contributed by atoms with Gasteiger partial charge in [0.25, 0.3) is 0 Å². The van der Waals surface area contributed by atoms with Crippen LogP contribution in [0.4, 0.5) is 5.69 Å². The molecule has 0 saturated heterocycles. The molecule has 3 rings (SSSR count). The van der Waals surface area contributed by atoms with Crippen LogP contribution in [0.25, 0.3) is 0 Å². The van der Waals surface area contributed by atoms with Gasteiger partial charge in [-0.1, -0.05) is 89.7 Å². The number of halogens is 4. The molecule has 0 aliphatic heterocycles. The third-order valence-electron chi connectivity index (χ3n) is 6.01. The maximum absolute atomic E-state index is 14.0. The fourth-order valence-electron chi connectivity index (χ4n) is 4.03. The van der Waals surface area contributed by atoms with Crippen LogP contribution in [-0.2, 0) is 32.6 Å². The number of rotatable bonds is 12. The van der Waals surface area contributed by atoms with E-state index in [4.69, 9.17) is 46.4 Å². The quantitative estimate of drug-likeness (QED) is 0.253. The van der Waals surface area contributed by atoms with E-state index in [9.17, 15) is 18.0 Å². The lowest BCUT2D eigenvalue weighted by Gasteiger charge is -2.33. The van der Waals surface area contributed by atoms with Crippen molar-refractivity contribution >= 4 is 73.9 Å². The van der Waals surface area contributed by atoms with Gasteiger partial charge in [0.2, 0.25) is 21.8 Å². The number of benzene rings is 3. The van der Waals surface area contributed by atoms with Crippen LogP contribution in [0.5, 0.6) is 0 Å². The average molecular weight is 645 g/mol. The summed E-state index contributed by atoms with van der Waals surface area (Å²) in [6.07, 6.45) is 1.87. The summed E-state index contributed by atoms with van der Waals surface area (Å²) in [6, 6.07) is 17.5. The lowest BCUT2D eigenvalue weighted by Crippen LogP contribution is -2.53. The van der Waals surface area contributed by atoms with Gasteiger partial charge in [0.15, 0.2) is 0 Å². The molecular formula is C28H29Cl4N3O4S. The lowest BCUT2D eigenvalue weighted by atomic mass is 10.0. The zero-order chi connectivity index (χ0) is 29.4. The largest absolute Gasteiger partial charge is 0.354 e. The minimum Gasteiger partial charge on any atom is -0.354 e. The molecule has 0 unspecified atom stereocenters. The minimum atomic E-state index is -3.97. The highest BCUT2D eigenvalue weighted by Gasteiger charge is 2.33. The summed E-state index contributed by atoms with van der Waals surface area (Å²) in [5.74, 6) is -0.982. The van der Waals surface area contributed by atoms with Crippen molar-refractivity contribution in [2.24, 2.45) is 0 Å². The molecule has 3 aromatic carbocycles. The number of carbonyl (C=O) groups is 2. The summed E-state index contributed by atoms with van der Waals surface area (Å²) in [5.41, 5.74) is 1.53. The van der Waals surface area contributed by atoms with Crippen LogP contribution in [0.3, 0.4) is 0 Å². The van der Waals surface area contributed by atoms with Gasteiger partial charge in [-0.05, 0) is 47.9 Å². The van der Waals surface area contributed by atoms with Gasteiger partial charge in [-0.3, -0.25) is 13.9 Å². The van der Waals surface area contributed by atoms with Gasteiger partial charge in [0.1, 0.15) is 12.6 Å². The van der Waals surface area contributed by atoms with Gasteiger partial charge < -0.3 is 10.2 Å². The number of nitrogens with zero attached hydrogens (tertiary/aromatic N) is 2. The summed E-state index contributed by atoms with van der Waals surface area (Å²) in [4.78, 5) is 28.9. The molecule has 2 amide bonds. The first-order chi connectivity index (χ1) is 18.9. The first-order valence-corrected chi connectivity index (χ1v) is 15.7. The molecule has 0 fully saturated rings. The molecule has 0 saturated carbocycles. The Morgan fingerprint density at radius 3 is 2.17 bits per heavy atom. The van der Waals surface area contributed by atoms with Crippen LogP contribution in [0.1, 0.15) is 24.5 Å². The Labute approximate surface area is 255 Å². The smallest absolute Gasteiger partial charge is 0.244 e. The Hall–Kier alpha value is -2.49. The molecule has 0 radical (unpaired) electrons. The predicted octanol–water partition coefficient (Wildman–Crippen LogP) is 6.23. The van der Waals surface area contributed by atoms with Crippen molar-refractivity contribution in [3.05, 3.63) is 97.9 Å².